The number of carbonyl (C=O) groups excluding carboxylic acids is 1. The lowest BCUT2D eigenvalue weighted by Crippen LogP contribution is -2.39. The minimum Gasteiger partial charge on any atom is -0.378 e. The lowest BCUT2D eigenvalue weighted by atomic mass is 9.83. The van der Waals surface area contributed by atoms with Gasteiger partial charge in [0.05, 0.1) is 18.9 Å². The van der Waals surface area contributed by atoms with E-state index in [0.717, 1.165) is 44.8 Å². The highest BCUT2D eigenvalue weighted by molar-refractivity contribution is 6.01. The molecule has 2 rings (SSSR count). The van der Waals surface area contributed by atoms with Crippen LogP contribution in [0.4, 0.5) is 0 Å². The maximum absolute atomic E-state index is 12.3. The van der Waals surface area contributed by atoms with Gasteiger partial charge in [0.25, 0.3) is 0 Å². The molecule has 16 heavy (non-hydrogen) atoms. The first-order chi connectivity index (χ1) is 7.67. The zero-order valence-electron chi connectivity index (χ0n) is 9.87. The third-order valence-electron chi connectivity index (χ3n) is 3.47. The Morgan fingerprint density at radius 2 is 2.25 bits per heavy atom. The summed E-state index contributed by atoms with van der Waals surface area (Å²) in [5.74, 6) is 0.273. The Kier molecular flexibility index (Phi) is 3.15. The molecule has 0 unspecified atom stereocenters. The quantitative estimate of drug-likeness (QED) is 0.680. The largest absolute Gasteiger partial charge is 0.378 e. The number of allylic oxidation sites excluding steroid dienone is 3. The van der Waals surface area contributed by atoms with E-state index in [9.17, 15) is 4.79 Å². The highest BCUT2D eigenvalue weighted by Crippen LogP contribution is 2.38. The fraction of sp³-hybridized carbons (Fsp3) is 0.615. The minimum atomic E-state index is -0.255. The molecule has 1 fully saturated rings. The average Bonchev–Trinajstić information content (AvgIpc) is 2.58. The molecule has 0 amide bonds. The van der Waals surface area contributed by atoms with Crippen LogP contribution >= 0.6 is 0 Å². The summed E-state index contributed by atoms with van der Waals surface area (Å²) < 4.78 is 5.30. The van der Waals surface area contributed by atoms with Crippen LogP contribution in [-0.2, 0) is 9.53 Å². The Labute approximate surface area is 96.8 Å². The van der Waals surface area contributed by atoms with Gasteiger partial charge in [-0.05, 0) is 12.8 Å². The maximum atomic E-state index is 12.3. The van der Waals surface area contributed by atoms with E-state index in [2.05, 4.69) is 17.6 Å². The first-order valence-corrected chi connectivity index (χ1v) is 5.86. The molecule has 1 saturated heterocycles. The van der Waals surface area contributed by atoms with Gasteiger partial charge in [-0.3, -0.25) is 4.79 Å². The molecule has 0 spiro atoms. The summed E-state index contributed by atoms with van der Waals surface area (Å²) in [6.07, 6.45) is 5.52. The Hall–Kier alpha value is -1.09. The smallest absolute Gasteiger partial charge is 0.185 e. The van der Waals surface area contributed by atoms with E-state index >= 15 is 0 Å². The summed E-state index contributed by atoms with van der Waals surface area (Å²) in [5.41, 5.74) is 0.641. The molecule has 1 atom stereocenters. The van der Waals surface area contributed by atoms with Gasteiger partial charge in [-0.15, -0.1) is 6.58 Å². The van der Waals surface area contributed by atoms with Crippen molar-refractivity contribution in [1.29, 1.82) is 0 Å². The van der Waals surface area contributed by atoms with Crippen LogP contribution in [0.1, 0.15) is 19.8 Å². The van der Waals surface area contributed by atoms with Crippen molar-refractivity contribution in [3.63, 3.8) is 0 Å². The van der Waals surface area contributed by atoms with Gasteiger partial charge in [0, 0.05) is 18.5 Å². The molecule has 88 valence electrons. The van der Waals surface area contributed by atoms with E-state index in [1.54, 1.807) is 0 Å². The number of ketones is 1. The van der Waals surface area contributed by atoms with Crippen LogP contribution in [0.5, 0.6) is 0 Å². The van der Waals surface area contributed by atoms with Gasteiger partial charge >= 0.3 is 0 Å². The number of ether oxygens (including phenoxy) is 1. The number of morpholine rings is 1. The van der Waals surface area contributed by atoms with Crippen molar-refractivity contribution in [1.82, 2.24) is 4.90 Å². The van der Waals surface area contributed by atoms with E-state index in [-0.39, 0.29) is 11.2 Å². The molecular weight excluding hydrogens is 202 g/mol. The molecule has 1 aliphatic heterocycles. The molecule has 0 aromatic rings. The van der Waals surface area contributed by atoms with Gasteiger partial charge in [-0.1, -0.05) is 19.1 Å². The Balaban J connectivity index is 2.07. The Bertz CT molecular complexity index is 329. The lowest BCUT2D eigenvalue weighted by Gasteiger charge is -2.31. The molecule has 3 nitrogen and oxygen atoms in total. The molecule has 0 saturated carbocycles. The summed E-state index contributed by atoms with van der Waals surface area (Å²) in [4.78, 5) is 14.5. The van der Waals surface area contributed by atoms with E-state index in [4.69, 9.17) is 4.74 Å². The Morgan fingerprint density at radius 1 is 1.56 bits per heavy atom. The van der Waals surface area contributed by atoms with Crippen LogP contribution in [0.2, 0.25) is 0 Å². The van der Waals surface area contributed by atoms with Crippen LogP contribution in [-0.4, -0.2) is 37.0 Å². The SMILES string of the molecule is C=CC[C@]1(C)CC=C(N2CCOCC2)C1=O. The van der Waals surface area contributed by atoms with Crippen LogP contribution in [0.25, 0.3) is 0 Å². The van der Waals surface area contributed by atoms with Crippen LogP contribution in [0, 0.1) is 5.41 Å². The predicted molar refractivity (Wildman–Crippen MR) is 63.0 cm³/mol. The first-order valence-electron chi connectivity index (χ1n) is 5.86. The average molecular weight is 221 g/mol. The van der Waals surface area contributed by atoms with Crippen molar-refractivity contribution in [2.75, 3.05) is 26.3 Å². The standard InChI is InChI=1S/C13H19NO2/c1-3-5-13(2)6-4-11(12(13)15)14-7-9-16-10-8-14/h3-4H,1,5-10H2,2H3/t13-/m1/s1. The van der Waals surface area contributed by atoms with Gasteiger partial charge in [-0.2, -0.15) is 0 Å². The topological polar surface area (TPSA) is 29.5 Å². The number of hydrogen-bond donors (Lipinski definition) is 0. The van der Waals surface area contributed by atoms with E-state index in [1.807, 2.05) is 13.0 Å². The second-order valence-electron chi connectivity index (χ2n) is 4.78. The van der Waals surface area contributed by atoms with Crippen molar-refractivity contribution in [3.8, 4) is 0 Å². The fourth-order valence-corrected chi connectivity index (χ4v) is 2.39. The van der Waals surface area contributed by atoms with Gasteiger partial charge in [0.2, 0.25) is 0 Å². The van der Waals surface area contributed by atoms with Crippen molar-refractivity contribution in [2.24, 2.45) is 5.41 Å². The highest BCUT2D eigenvalue weighted by atomic mass is 16.5. The minimum absolute atomic E-state index is 0.255. The zero-order valence-corrected chi connectivity index (χ0v) is 9.87. The van der Waals surface area contributed by atoms with Crippen LogP contribution in [0.3, 0.4) is 0 Å². The summed E-state index contributed by atoms with van der Waals surface area (Å²) >= 11 is 0. The summed E-state index contributed by atoms with van der Waals surface area (Å²) in [6, 6.07) is 0. The third-order valence-corrected chi connectivity index (χ3v) is 3.47. The van der Waals surface area contributed by atoms with Crippen LogP contribution in [0.15, 0.2) is 24.4 Å². The number of hydrogen-bond acceptors (Lipinski definition) is 3. The van der Waals surface area contributed by atoms with E-state index in [1.165, 1.54) is 0 Å². The van der Waals surface area contributed by atoms with Gasteiger partial charge < -0.3 is 9.64 Å². The van der Waals surface area contributed by atoms with Crippen LogP contribution < -0.4 is 0 Å². The van der Waals surface area contributed by atoms with Crippen molar-refractivity contribution in [3.05, 3.63) is 24.4 Å². The zero-order chi connectivity index (χ0) is 11.6. The predicted octanol–water partition coefficient (Wildman–Crippen LogP) is 1.76. The van der Waals surface area contributed by atoms with Gasteiger partial charge in [0.15, 0.2) is 5.78 Å². The second kappa shape index (κ2) is 4.42. The van der Waals surface area contributed by atoms with E-state index < -0.39 is 0 Å². The molecule has 1 aliphatic carbocycles. The van der Waals surface area contributed by atoms with Crippen molar-refractivity contribution in [2.45, 2.75) is 19.8 Å². The highest BCUT2D eigenvalue weighted by Gasteiger charge is 2.40. The molecule has 0 aromatic heterocycles. The number of carbonyl (C=O) groups is 1. The molecule has 0 N–H and O–H groups in total. The molecule has 2 aliphatic rings. The lowest BCUT2D eigenvalue weighted by molar-refractivity contribution is -0.124. The maximum Gasteiger partial charge on any atom is 0.185 e. The van der Waals surface area contributed by atoms with E-state index in [0.29, 0.717) is 0 Å². The summed E-state index contributed by atoms with van der Waals surface area (Å²) in [6.45, 7) is 8.88. The molecule has 0 bridgehead atoms. The van der Waals surface area contributed by atoms with Gasteiger partial charge in [-0.25, -0.2) is 0 Å². The molecule has 0 radical (unpaired) electrons. The van der Waals surface area contributed by atoms with Gasteiger partial charge in [0.1, 0.15) is 0 Å². The summed E-state index contributed by atoms with van der Waals surface area (Å²) in [7, 11) is 0. The van der Waals surface area contributed by atoms with Crippen molar-refractivity contribution >= 4 is 5.78 Å². The fourth-order valence-electron chi connectivity index (χ4n) is 2.39. The number of rotatable bonds is 3. The molecular formula is C13H19NO2. The molecule has 3 heteroatoms. The Morgan fingerprint density at radius 3 is 2.88 bits per heavy atom. The number of Topliss-reactive ketones (excluding diaryl/α,β-unsaturated/α-hetero) is 1. The normalized spacial score (nSPS) is 30.4. The first kappa shape index (κ1) is 11.4. The summed E-state index contributed by atoms with van der Waals surface area (Å²) in [5, 5.41) is 0. The third kappa shape index (κ3) is 1.92. The second-order valence-corrected chi connectivity index (χ2v) is 4.78. The molecule has 0 aromatic carbocycles. The number of nitrogens with zero attached hydrogens (tertiary/aromatic N) is 1. The monoisotopic (exact) mass is 221 g/mol. The molecule has 1 heterocycles. The van der Waals surface area contributed by atoms with Crippen molar-refractivity contribution < 1.29 is 9.53 Å².